The molecule has 1 heterocycles. The summed E-state index contributed by atoms with van der Waals surface area (Å²) >= 11 is 0. The fourth-order valence-electron chi connectivity index (χ4n) is 1.70. The van der Waals surface area contributed by atoms with Crippen molar-refractivity contribution in [3.63, 3.8) is 0 Å². The Hall–Kier alpha value is -0.570. The summed E-state index contributed by atoms with van der Waals surface area (Å²) in [5.41, 5.74) is 0. The highest BCUT2D eigenvalue weighted by Gasteiger charge is 2.34. The molecule has 0 spiro atoms. The Morgan fingerprint density at radius 3 is 2.64 bits per heavy atom. The van der Waals surface area contributed by atoms with Crippen LogP contribution in [0.5, 0.6) is 0 Å². The molecule has 0 aromatic heterocycles. The maximum Gasteiger partial charge on any atom is 0.308 e. The van der Waals surface area contributed by atoms with Crippen molar-refractivity contribution in [1.82, 2.24) is 5.32 Å². The van der Waals surface area contributed by atoms with Crippen LogP contribution in [0.15, 0.2) is 0 Å². The number of rotatable bonds is 2. The minimum atomic E-state index is -0.659. The van der Waals surface area contributed by atoms with Gasteiger partial charge in [-0.1, -0.05) is 13.8 Å². The van der Waals surface area contributed by atoms with Gasteiger partial charge < -0.3 is 10.4 Å². The molecule has 1 saturated heterocycles. The Balaban J connectivity index is 2.58. The first-order valence-corrected chi connectivity index (χ1v) is 4.09. The third-order valence-corrected chi connectivity index (χ3v) is 2.30. The molecule has 2 N–H and O–H groups in total. The minimum absolute atomic E-state index is 0.171. The highest BCUT2D eigenvalue weighted by atomic mass is 16.4. The summed E-state index contributed by atoms with van der Waals surface area (Å²) < 4.78 is 0. The number of carboxylic acid groups (broad SMARTS) is 1. The van der Waals surface area contributed by atoms with Crippen molar-refractivity contribution < 1.29 is 9.90 Å². The lowest BCUT2D eigenvalue weighted by atomic mass is 9.92. The second-order valence-corrected chi connectivity index (χ2v) is 3.46. The Morgan fingerprint density at radius 2 is 2.27 bits per heavy atom. The van der Waals surface area contributed by atoms with Gasteiger partial charge in [0.15, 0.2) is 0 Å². The van der Waals surface area contributed by atoms with Gasteiger partial charge in [-0.3, -0.25) is 4.79 Å². The van der Waals surface area contributed by atoms with Crippen LogP contribution in [0.3, 0.4) is 0 Å². The van der Waals surface area contributed by atoms with Crippen molar-refractivity contribution in [2.45, 2.75) is 26.3 Å². The first-order valence-electron chi connectivity index (χ1n) is 4.09. The predicted molar refractivity (Wildman–Crippen MR) is 42.4 cm³/mol. The lowest BCUT2D eigenvalue weighted by Crippen LogP contribution is -2.35. The number of carboxylic acids is 1. The van der Waals surface area contributed by atoms with Gasteiger partial charge >= 0.3 is 5.97 Å². The average Bonchev–Trinajstić information content (AvgIpc) is 2.32. The van der Waals surface area contributed by atoms with Crippen LogP contribution in [0.1, 0.15) is 20.3 Å². The van der Waals surface area contributed by atoms with E-state index in [9.17, 15) is 4.79 Å². The Morgan fingerprint density at radius 1 is 1.64 bits per heavy atom. The van der Waals surface area contributed by atoms with E-state index < -0.39 is 5.97 Å². The van der Waals surface area contributed by atoms with E-state index in [-0.39, 0.29) is 12.0 Å². The van der Waals surface area contributed by atoms with Gasteiger partial charge in [-0.05, 0) is 18.9 Å². The molecule has 3 nitrogen and oxygen atoms in total. The topological polar surface area (TPSA) is 49.3 Å². The summed E-state index contributed by atoms with van der Waals surface area (Å²) in [5.74, 6) is -0.415. The maximum absolute atomic E-state index is 10.7. The number of nitrogens with one attached hydrogen (secondary N) is 1. The SMILES string of the molecule is CC(C)[C@@H]1NCC[C@@H]1C(=O)O. The van der Waals surface area contributed by atoms with Gasteiger partial charge in [0.1, 0.15) is 0 Å². The number of hydrogen-bond acceptors (Lipinski definition) is 2. The van der Waals surface area contributed by atoms with E-state index in [1.54, 1.807) is 0 Å². The van der Waals surface area contributed by atoms with Crippen LogP contribution in [0.4, 0.5) is 0 Å². The molecule has 0 aromatic rings. The normalized spacial score (nSPS) is 31.2. The molecule has 3 heteroatoms. The van der Waals surface area contributed by atoms with Crippen LogP contribution in [-0.4, -0.2) is 23.7 Å². The zero-order valence-electron chi connectivity index (χ0n) is 7.00. The first-order chi connectivity index (χ1) is 5.13. The second-order valence-electron chi connectivity index (χ2n) is 3.46. The smallest absolute Gasteiger partial charge is 0.308 e. The molecule has 1 rings (SSSR count). The zero-order valence-corrected chi connectivity index (χ0v) is 7.00. The molecule has 64 valence electrons. The third kappa shape index (κ3) is 1.71. The monoisotopic (exact) mass is 157 g/mol. The summed E-state index contributed by atoms with van der Waals surface area (Å²) in [6.45, 7) is 4.96. The van der Waals surface area contributed by atoms with Crippen molar-refractivity contribution in [3.05, 3.63) is 0 Å². The van der Waals surface area contributed by atoms with Crippen molar-refractivity contribution >= 4 is 5.97 Å². The van der Waals surface area contributed by atoms with E-state index in [2.05, 4.69) is 19.2 Å². The van der Waals surface area contributed by atoms with Crippen molar-refractivity contribution in [3.8, 4) is 0 Å². The van der Waals surface area contributed by atoms with E-state index in [0.717, 1.165) is 13.0 Å². The van der Waals surface area contributed by atoms with Crippen molar-refractivity contribution in [2.75, 3.05) is 6.54 Å². The molecular formula is C8H15NO2. The van der Waals surface area contributed by atoms with Gasteiger partial charge in [0.25, 0.3) is 0 Å². The molecule has 1 aliphatic rings. The molecular weight excluding hydrogens is 142 g/mol. The summed E-state index contributed by atoms with van der Waals surface area (Å²) in [6, 6.07) is 0.174. The molecule has 0 aromatic carbocycles. The van der Waals surface area contributed by atoms with Gasteiger partial charge in [0.05, 0.1) is 5.92 Å². The Labute approximate surface area is 66.8 Å². The van der Waals surface area contributed by atoms with E-state index in [0.29, 0.717) is 5.92 Å². The standard InChI is InChI=1S/C8H15NO2/c1-5(2)7-6(8(10)11)3-4-9-7/h5-7,9H,3-4H2,1-2H3,(H,10,11)/t6-,7-/m0/s1. The van der Waals surface area contributed by atoms with Crippen LogP contribution in [-0.2, 0) is 4.79 Å². The van der Waals surface area contributed by atoms with Crippen molar-refractivity contribution in [2.24, 2.45) is 11.8 Å². The Bertz CT molecular complexity index is 156. The predicted octanol–water partition coefficient (Wildman–Crippen LogP) is 0.705. The maximum atomic E-state index is 10.7. The van der Waals surface area contributed by atoms with E-state index in [1.807, 2.05) is 0 Å². The van der Waals surface area contributed by atoms with Gasteiger partial charge in [0, 0.05) is 6.04 Å². The van der Waals surface area contributed by atoms with Crippen LogP contribution >= 0.6 is 0 Å². The lowest BCUT2D eigenvalue weighted by Gasteiger charge is -2.19. The first kappa shape index (κ1) is 8.53. The van der Waals surface area contributed by atoms with Gasteiger partial charge in [-0.15, -0.1) is 0 Å². The van der Waals surface area contributed by atoms with Crippen LogP contribution in [0.2, 0.25) is 0 Å². The molecule has 1 aliphatic heterocycles. The van der Waals surface area contributed by atoms with Gasteiger partial charge in [-0.25, -0.2) is 0 Å². The quantitative estimate of drug-likeness (QED) is 0.620. The van der Waals surface area contributed by atoms with Crippen LogP contribution in [0.25, 0.3) is 0 Å². The second kappa shape index (κ2) is 3.22. The molecule has 0 bridgehead atoms. The van der Waals surface area contributed by atoms with E-state index in [1.165, 1.54) is 0 Å². The highest BCUT2D eigenvalue weighted by molar-refractivity contribution is 5.71. The molecule has 0 radical (unpaired) electrons. The van der Waals surface area contributed by atoms with Crippen LogP contribution < -0.4 is 5.32 Å². The van der Waals surface area contributed by atoms with Crippen LogP contribution in [0, 0.1) is 11.8 Å². The lowest BCUT2D eigenvalue weighted by molar-refractivity contribution is -0.142. The van der Waals surface area contributed by atoms with E-state index in [4.69, 9.17) is 5.11 Å². The Kier molecular flexibility index (Phi) is 2.49. The third-order valence-electron chi connectivity index (χ3n) is 2.30. The highest BCUT2D eigenvalue weighted by Crippen LogP contribution is 2.21. The minimum Gasteiger partial charge on any atom is -0.481 e. The summed E-state index contributed by atoms with van der Waals surface area (Å²) in [7, 11) is 0. The fraction of sp³-hybridized carbons (Fsp3) is 0.875. The molecule has 1 fully saturated rings. The van der Waals surface area contributed by atoms with Gasteiger partial charge in [0.2, 0.25) is 0 Å². The largest absolute Gasteiger partial charge is 0.481 e. The molecule has 2 atom stereocenters. The number of aliphatic carboxylic acids is 1. The fourth-order valence-corrected chi connectivity index (χ4v) is 1.70. The van der Waals surface area contributed by atoms with Crippen molar-refractivity contribution in [1.29, 1.82) is 0 Å². The van der Waals surface area contributed by atoms with E-state index >= 15 is 0 Å². The molecule has 0 saturated carbocycles. The van der Waals surface area contributed by atoms with Gasteiger partial charge in [-0.2, -0.15) is 0 Å². The summed E-state index contributed by atoms with van der Waals surface area (Å²) in [4.78, 5) is 10.7. The molecule has 0 unspecified atom stereocenters. The average molecular weight is 157 g/mol. The number of carbonyl (C=O) groups is 1. The molecule has 0 amide bonds. The summed E-state index contributed by atoms with van der Waals surface area (Å²) in [6.07, 6.45) is 0.776. The number of hydrogen-bond donors (Lipinski definition) is 2. The molecule has 0 aliphatic carbocycles. The summed E-state index contributed by atoms with van der Waals surface area (Å²) in [5, 5.41) is 12.0. The zero-order chi connectivity index (χ0) is 8.43. The molecule has 11 heavy (non-hydrogen) atoms.